The Balaban J connectivity index is 1.79. The van der Waals surface area contributed by atoms with Gasteiger partial charge in [0.2, 0.25) is 0 Å². The van der Waals surface area contributed by atoms with Gasteiger partial charge < -0.3 is 10.2 Å². The largest absolute Gasteiger partial charge is 0.311 e. The zero-order valence-corrected chi connectivity index (χ0v) is 14.1. The van der Waals surface area contributed by atoms with Crippen molar-refractivity contribution in [2.45, 2.75) is 38.3 Å². The summed E-state index contributed by atoms with van der Waals surface area (Å²) in [6, 6.07) is 0.357. The molecule has 118 valence electrons. The van der Waals surface area contributed by atoms with Gasteiger partial charge in [-0.1, -0.05) is 24.4 Å². The van der Waals surface area contributed by atoms with E-state index in [-0.39, 0.29) is 0 Å². The van der Waals surface area contributed by atoms with E-state index in [1.807, 2.05) is 6.20 Å². The van der Waals surface area contributed by atoms with E-state index >= 15 is 0 Å². The Bertz CT molecular complexity index is 473. The minimum atomic E-state index is 0.357. The maximum absolute atomic E-state index is 6.47. The zero-order valence-electron chi connectivity index (χ0n) is 13.3. The van der Waals surface area contributed by atoms with Crippen molar-refractivity contribution in [2.75, 3.05) is 27.7 Å². The third-order valence-corrected chi connectivity index (χ3v) is 5.60. The van der Waals surface area contributed by atoms with Crippen LogP contribution in [0.2, 0.25) is 5.02 Å². The van der Waals surface area contributed by atoms with E-state index in [0.29, 0.717) is 6.04 Å². The Kier molecular flexibility index (Phi) is 4.57. The highest BCUT2D eigenvalue weighted by Gasteiger charge is 2.55. The zero-order chi connectivity index (χ0) is 15.0. The SMILES string of the molecule is CNC(c1c(Cl)cnn1CCN(C)C)C1C2CCCCC21. The van der Waals surface area contributed by atoms with E-state index in [9.17, 15) is 0 Å². The van der Waals surface area contributed by atoms with Crippen LogP contribution < -0.4 is 5.32 Å². The molecule has 4 nitrogen and oxygen atoms in total. The summed E-state index contributed by atoms with van der Waals surface area (Å²) in [7, 11) is 6.25. The third kappa shape index (κ3) is 2.99. The maximum atomic E-state index is 6.47. The molecule has 21 heavy (non-hydrogen) atoms. The second kappa shape index (κ2) is 6.27. The van der Waals surface area contributed by atoms with Crippen LogP contribution in [0.25, 0.3) is 0 Å². The normalized spacial score (nSPS) is 29.5. The quantitative estimate of drug-likeness (QED) is 0.877. The molecule has 5 heteroatoms. The molecule has 3 unspecified atom stereocenters. The van der Waals surface area contributed by atoms with Gasteiger partial charge in [0, 0.05) is 6.54 Å². The molecule has 0 radical (unpaired) electrons. The number of nitrogens with zero attached hydrogens (tertiary/aromatic N) is 3. The van der Waals surface area contributed by atoms with Gasteiger partial charge in [0.15, 0.2) is 0 Å². The molecule has 2 saturated carbocycles. The van der Waals surface area contributed by atoms with Crippen molar-refractivity contribution in [3.05, 3.63) is 16.9 Å². The Morgan fingerprint density at radius 3 is 2.62 bits per heavy atom. The van der Waals surface area contributed by atoms with Gasteiger partial charge >= 0.3 is 0 Å². The highest BCUT2D eigenvalue weighted by Crippen LogP contribution is 2.60. The van der Waals surface area contributed by atoms with Crippen LogP contribution >= 0.6 is 11.6 Å². The monoisotopic (exact) mass is 310 g/mol. The number of fused-ring (bicyclic) bond motifs is 1. The fourth-order valence-corrected chi connectivity index (χ4v) is 4.47. The summed E-state index contributed by atoms with van der Waals surface area (Å²) < 4.78 is 2.10. The predicted octanol–water partition coefficient (Wildman–Crippen LogP) is 2.79. The van der Waals surface area contributed by atoms with Gasteiger partial charge in [0.25, 0.3) is 0 Å². The van der Waals surface area contributed by atoms with Gasteiger partial charge in [-0.2, -0.15) is 5.10 Å². The van der Waals surface area contributed by atoms with Gasteiger partial charge in [-0.05, 0) is 51.7 Å². The Morgan fingerprint density at radius 1 is 1.38 bits per heavy atom. The second-order valence-electron chi connectivity index (χ2n) is 6.86. The molecule has 0 bridgehead atoms. The van der Waals surface area contributed by atoms with Crippen molar-refractivity contribution in [3.63, 3.8) is 0 Å². The number of halogens is 1. The first kappa shape index (κ1) is 15.3. The van der Waals surface area contributed by atoms with Gasteiger partial charge in [-0.15, -0.1) is 0 Å². The summed E-state index contributed by atoms with van der Waals surface area (Å²) in [4.78, 5) is 2.19. The van der Waals surface area contributed by atoms with E-state index in [1.54, 1.807) is 0 Å². The van der Waals surface area contributed by atoms with Crippen LogP contribution in [0.4, 0.5) is 0 Å². The summed E-state index contributed by atoms with van der Waals surface area (Å²) in [5, 5.41) is 8.85. The molecule has 1 aromatic heterocycles. The molecule has 1 N–H and O–H groups in total. The first-order chi connectivity index (χ1) is 10.1. The number of nitrogens with one attached hydrogen (secondary N) is 1. The van der Waals surface area contributed by atoms with Crippen molar-refractivity contribution < 1.29 is 0 Å². The average Bonchev–Trinajstić information content (AvgIpc) is 3.08. The van der Waals surface area contributed by atoms with Crippen molar-refractivity contribution >= 4 is 11.6 Å². The molecule has 0 spiro atoms. The fourth-order valence-electron chi connectivity index (χ4n) is 4.21. The number of hydrogen-bond acceptors (Lipinski definition) is 3. The van der Waals surface area contributed by atoms with Crippen molar-refractivity contribution in [1.82, 2.24) is 20.0 Å². The summed E-state index contributed by atoms with van der Waals surface area (Å²) in [5.41, 5.74) is 1.19. The van der Waals surface area contributed by atoms with Crippen molar-refractivity contribution in [1.29, 1.82) is 0 Å². The van der Waals surface area contributed by atoms with Gasteiger partial charge in [-0.25, -0.2) is 0 Å². The second-order valence-corrected chi connectivity index (χ2v) is 7.27. The lowest BCUT2D eigenvalue weighted by molar-refractivity contribution is 0.357. The van der Waals surface area contributed by atoms with Crippen LogP contribution in [0.15, 0.2) is 6.20 Å². The minimum absolute atomic E-state index is 0.357. The third-order valence-electron chi connectivity index (χ3n) is 5.31. The lowest BCUT2D eigenvalue weighted by atomic mass is 10.0. The molecule has 0 saturated heterocycles. The molecular weight excluding hydrogens is 284 g/mol. The van der Waals surface area contributed by atoms with E-state index in [2.05, 4.69) is 41.1 Å². The number of aromatic nitrogens is 2. The molecule has 0 aromatic carbocycles. The van der Waals surface area contributed by atoms with Crippen LogP contribution in [0.1, 0.15) is 37.4 Å². The molecule has 3 rings (SSSR count). The van der Waals surface area contributed by atoms with E-state index < -0.39 is 0 Å². The summed E-state index contributed by atoms with van der Waals surface area (Å²) in [6.07, 6.45) is 7.42. The summed E-state index contributed by atoms with van der Waals surface area (Å²) in [6.45, 7) is 1.88. The molecule has 1 aromatic rings. The van der Waals surface area contributed by atoms with Crippen molar-refractivity contribution in [3.8, 4) is 0 Å². The number of likely N-dealkylation sites (N-methyl/N-ethyl adjacent to an activating group) is 1. The maximum Gasteiger partial charge on any atom is 0.0834 e. The van der Waals surface area contributed by atoms with Crippen LogP contribution in [-0.2, 0) is 6.54 Å². The van der Waals surface area contributed by atoms with Crippen LogP contribution in [-0.4, -0.2) is 42.4 Å². The fraction of sp³-hybridized carbons (Fsp3) is 0.812. The Labute approximate surface area is 132 Å². The average molecular weight is 311 g/mol. The molecule has 0 aliphatic heterocycles. The van der Waals surface area contributed by atoms with Gasteiger partial charge in [0.05, 0.1) is 29.5 Å². The smallest absolute Gasteiger partial charge is 0.0834 e. The van der Waals surface area contributed by atoms with Crippen LogP contribution in [0.3, 0.4) is 0 Å². The molecule has 2 aliphatic carbocycles. The molecule has 2 aliphatic rings. The molecule has 1 heterocycles. The Hall–Kier alpha value is -0.580. The predicted molar refractivity (Wildman–Crippen MR) is 86.5 cm³/mol. The standard InChI is InChI=1S/C16H27ClN4/c1-18-15(14-11-6-4-5-7-12(11)14)16-13(17)10-19-21(16)9-8-20(2)3/h10-12,14-15,18H,4-9H2,1-3H3. The first-order valence-corrected chi connectivity index (χ1v) is 8.54. The van der Waals surface area contributed by atoms with E-state index in [4.69, 9.17) is 11.6 Å². The molecule has 2 fully saturated rings. The highest BCUT2D eigenvalue weighted by atomic mass is 35.5. The number of hydrogen-bond donors (Lipinski definition) is 1. The Morgan fingerprint density at radius 2 is 2.05 bits per heavy atom. The summed E-state index contributed by atoms with van der Waals surface area (Å²) in [5.74, 6) is 2.57. The van der Waals surface area contributed by atoms with Crippen molar-refractivity contribution in [2.24, 2.45) is 17.8 Å². The first-order valence-electron chi connectivity index (χ1n) is 8.16. The molecule has 3 atom stereocenters. The highest BCUT2D eigenvalue weighted by molar-refractivity contribution is 6.31. The summed E-state index contributed by atoms with van der Waals surface area (Å²) >= 11 is 6.47. The lowest BCUT2D eigenvalue weighted by Gasteiger charge is -2.20. The van der Waals surface area contributed by atoms with Gasteiger partial charge in [0.1, 0.15) is 0 Å². The topological polar surface area (TPSA) is 33.1 Å². The van der Waals surface area contributed by atoms with Gasteiger partial charge in [-0.3, -0.25) is 4.68 Å². The van der Waals surface area contributed by atoms with E-state index in [1.165, 1.54) is 31.4 Å². The molecule has 0 amide bonds. The van der Waals surface area contributed by atoms with E-state index in [0.717, 1.165) is 35.9 Å². The minimum Gasteiger partial charge on any atom is -0.311 e. The number of rotatable bonds is 6. The van der Waals surface area contributed by atoms with Crippen LogP contribution in [0, 0.1) is 17.8 Å². The molecular formula is C16H27ClN4. The lowest BCUT2D eigenvalue weighted by Crippen LogP contribution is -2.26. The van der Waals surface area contributed by atoms with Crippen LogP contribution in [0.5, 0.6) is 0 Å².